The molecule has 2 atom stereocenters. The molecule has 21 heavy (non-hydrogen) atoms. The first-order valence-electron chi connectivity index (χ1n) is 6.57. The predicted octanol–water partition coefficient (Wildman–Crippen LogP) is -0.156. The third kappa shape index (κ3) is 3.65. The van der Waals surface area contributed by atoms with Crippen molar-refractivity contribution >= 4 is 16.8 Å². The van der Waals surface area contributed by atoms with E-state index in [-0.39, 0.29) is 24.4 Å². The lowest BCUT2D eigenvalue weighted by molar-refractivity contribution is -0.119. The minimum atomic E-state index is -1.11. The van der Waals surface area contributed by atoms with Gasteiger partial charge in [0.05, 0.1) is 23.3 Å². The van der Waals surface area contributed by atoms with Gasteiger partial charge in [-0.25, -0.2) is 4.98 Å². The normalized spacial score (nSPS) is 13.9. The monoisotopic (exact) mass is 291 g/mol. The molecule has 1 amide bonds. The van der Waals surface area contributed by atoms with E-state index in [2.05, 4.69) is 15.3 Å². The van der Waals surface area contributed by atoms with Crippen LogP contribution in [-0.2, 0) is 4.79 Å². The van der Waals surface area contributed by atoms with Gasteiger partial charge >= 0.3 is 0 Å². The molecule has 1 heterocycles. The van der Waals surface area contributed by atoms with Gasteiger partial charge < -0.3 is 20.5 Å². The number of fused-ring (bicyclic) bond motifs is 1. The number of carbonyl (C=O) groups is 1. The van der Waals surface area contributed by atoms with E-state index in [1.54, 1.807) is 18.2 Å². The van der Waals surface area contributed by atoms with E-state index in [1.807, 2.05) is 0 Å². The van der Waals surface area contributed by atoms with Crippen molar-refractivity contribution in [1.82, 2.24) is 15.3 Å². The van der Waals surface area contributed by atoms with Crippen molar-refractivity contribution in [3.63, 3.8) is 0 Å². The van der Waals surface area contributed by atoms with Crippen LogP contribution in [0.5, 0.6) is 0 Å². The molecule has 7 nitrogen and oxygen atoms in total. The molecule has 1 aromatic heterocycles. The summed E-state index contributed by atoms with van der Waals surface area (Å²) in [6.07, 6.45) is -0.615. The zero-order valence-electron chi connectivity index (χ0n) is 11.5. The molecule has 0 aliphatic carbocycles. The topological polar surface area (TPSA) is 115 Å². The second-order valence-corrected chi connectivity index (χ2v) is 4.79. The summed E-state index contributed by atoms with van der Waals surface area (Å²) in [4.78, 5) is 28.8. The van der Waals surface area contributed by atoms with Crippen LogP contribution in [-0.4, -0.2) is 38.7 Å². The summed E-state index contributed by atoms with van der Waals surface area (Å²) < 4.78 is 0. The summed E-state index contributed by atoms with van der Waals surface area (Å²) in [6.45, 7) is 1.66. The molecule has 0 radical (unpaired) electrons. The Morgan fingerprint density at radius 1 is 1.43 bits per heavy atom. The number of nitrogens with zero attached hydrogens (tertiary/aromatic N) is 1. The fourth-order valence-electron chi connectivity index (χ4n) is 2.05. The molecule has 2 unspecified atom stereocenters. The van der Waals surface area contributed by atoms with Gasteiger partial charge in [-0.15, -0.1) is 0 Å². The molecule has 4 N–H and O–H groups in total. The number of aromatic amines is 1. The minimum Gasteiger partial charge on any atom is -0.390 e. The van der Waals surface area contributed by atoms with Crippen LogP contribution in [0.15, 0.2) is 29.3 Å². The molecule has 2 rings (SSSR count). The number of hydrogen-bond acceptors (Lipinski definition) is 5. The summed E-state index contributed by atoms with van der Waals surface area (Å²) in [6, 6.07) is 4.70. The molecule has 2 aromatic rings. The highest BCUT2D eigenvalue weighted by Gasteiger charge is 2.18. The smallest absolute Gasteiger partial charge is 0.258 e. The van der Waals surface area contributed by atoms with Crippen LogP contribution in [0.3, 0.4) is 0 Å². The number of aromatic nitrogens is 2. The second-order valence-electron chi connectivity index (χ2n) is 4.79. The van der Waals surface area contributed by atoms with Crippen molar-refractivity contribution in [2.24, 2.45) is 0 Å². The zero-order chi connectivity index (χ0) is 15.4. The van der Waals surface area contributed by atoms with E-state index >= 15 is 0 Å². The number of H-pyrrole nitrogens is 1. The quantitative estimate of drug-likeness (QED) is 0.611. The Morgan fingerprint density at radius 3 is 2.90 bits per heavy atom. The number of hydrogen-bond donors (Lipinski definition) is 4. The zero-order valence-corrected chi connectivity index (χ0v) is 11.5. The third-order valence-electron chi connectivity index (χ3n) is 3.19. The Hall–Kier alpha value is -2.25. The van der Waals surface area contributed by atoms with Crippen molar-refractivity contribution in [2.45, 2.75) is 25.6 Å². The van der Waals surface area contributed by atoms with E-state index in [9.17, 15) is 19.8 Å². The fourth-order valence-corrected chi connectivity index (χ4v) is 2.05. The molecular weight excluding hydrogens is 274 g/mol. The van der Waals surface area contributed by atoms with Crippen LogP contribution in [0.4, 0.5) is 0 Å². The van der Waals surface area contributed by atoms with Crippen molar-refractivity contribution < 1.29 is 15.0 Å². The van der Waals surface area contributed by atoms with Crippen LogP contribution in [0, 0.1) is 0 Å². The van der Waals surface area contributed by atoms with Gasteiger partial charge in [-0.1, -0.05) is 6.07 Å². The highest BCUT2D eigenvalue weighted by atomic mass is 16.3. The van der Waals surface area contributed by atoms with Crippen LogP contribution in [0.2, 0.25) is 0 Å². The molecule has 0 saturated carbocycles. The molecule has 0 fully saturated rings. The Labute approximate surface area is 120 Å². The van der Waals surface area contributed by atoms with Gasteiger partial charge in [0.15, 0.2) is 0 Å². The molecule has 0 spiro atoms. The number of amides is 1. The van der Waals surface area contributed by atoms with Crippen LogP contribution < -0.4 is 10.9 Å². The first kappa shape index (κ1) is 15.1. The van der Waals surface area contributed by atoms with Gasteiger partial charge in [-0.05, 0) is 24.1 Å². The highest BCUT2D eigenvalue weighted by molar-refractivity contribution is 5.77. The maximum Gasteiger partial charge on any atom is 0.258 e. The summed E-state index contributed by atoms with van der Waals surface area (Å²) >= 11 is 0. The van der Waals surface area contributed by atoms with Crippen LogP contribution in [0.25, 0.3) is 10.9 Å². The van der Waals surface area contributed by atoms with Crippen molar-refractivity contribution in [1.29, 1.82) is 0 Å². The van der Waals surface area contributed by atoms with Gasteiger partial charge in [0.2, 0.25) is 5.91 Å². The first-order chi connectivity index (χ1) is 9.99. The van der Waals surface area contributed by atoms with E-state index in [1.165, 1.54) is 13.3 Å². The molecule has 7 heteroatoms. The van der Waals surface area contributed by atoms with Gasteiger partial charge in [0, 0.05) is 13.5 Å². The molecule has 112 valence electrons. The summed E-state index contributed by atoms with van der Waals surface area (Å²) in [7, 11) is 0. The average molecular weight is 291 g/mol. The number of carbonyl (C=O) groups excluding carboxylic acids is 1. The Kier molecular flexibility index (Phi) is 4.66. The Bertz CT molecular complexity index is 698. The van der Waals surface area contributed by atoms with E-state index < -0.39 is 12.2 Å². The first-order valence-corrected chi connectivity index (χ1v) is 6.57. The van der Waals surface area contributed by atoms with Gasteiger partial charge in [0.25, 0.3) is 5.56 Å². The lowest BCUT2D eigenvalue weighted by Crippen LogP contribution is -2.27. The summed E-state index contributed by atoms with van der Waals surface area (Å²) in [5.74, 6) is -0.189. The summed E-state index contributed by atoms with van der Waals surface area (Å²) in [5, 5.41) is 23.0. The fraction of sp³-hybridized carbons (Fsp3) is 0.357. The maximum absolute atomic E-state index is 11.6. The van der Waals surface area contributed by atoms with E-state index in [0.717, 1.165) is 0 Å². The SMILES string of the molecule is CC(=O)NCCC(O)C(O)c1ccc2c(=O)[nH]cnc2c1. The van der Waals surface area contributed by atoms with Crippen LogP contribution >= 0.6 is 0 Å². The number of aliphatic hydroxyl groups is 2. The number of benzene rings is 1. The standard InChI is InChI=1S/C14H17N3O4/c1-8(18)15-5-4-12(19)13(20)9-2-3-10-11(6-9)16-7-17-14(10)21/h2-3,6-7,12-13,19-20H,4-5H2,1H3,(H,15,18)(H,16,17,21). The van der Waals surface area contributed by atoms with Crippen molar-refractivity contribution in [2.75, 3.05) is 6.54 Å². The van der Waals surface area contributed by atoms with E-state index in [0.29, 0.717) is 16.5 Å². The predicted molar refractivity (Wildman–Crippen MR) is 76.6 cm³/mol. The lowest BCUT2D eigenvalue weighted by Gasteiger charge is -2.18. The van der Waals surface area contributed by atoms with Crippen molar-refractivity contribution in [3.05, 3.63) is 40.4 Å². The van der Waals surface area contributed by atoms with E-state index in [4.69, 9.17) is 0 Å². The number of rotatable bonds is 5. The molecule has 0 aliphatic heterocycles. The molecular formula is C14H17N3O4. The highest BCUT2D eigenvalue weighted by Crippen LogP contribution is 2.21. The largest absolute Gasteiger partial charge is 0.390 e. The van der Waals surface area contributed by atoms with Crippen LogP contribution in [0.1, 0.15) is 25.0 Å². The maximum atomic E-state index is 11.6. The second kappa shape index (κ2) is 6.47. The molecule has 1 aromatic carbocycles. The lowest BCUT2D eigenvalue weighted by atomic mass is 10.0. The third-order valence-corrected chi connectivity index (χ3v) is 3.19. The van der Waals surface area contributed by atoms with Gasteiger partial charge in [-0.3, -0.25) is 9.59 Å². The minimum absolute atomic E-state index is 0.189. The van der Waals surface area contributed by atoms with Gasteiger partial charge in [-0.2, -0.15) is 0 Å². The molecule has 0 aliphatic rings. The Balaban J connectivity index is 2.13. The molecule has 0 saturated heterocycles. The van der Waals surface area contributed by atoms with Gasteiger partial charge in [0.1, 0.15) is 6.10 Å². The van der Waals surface area contributed by atoms with Crippen molar-refractivity contribution in [3.8, 4) is 0 Å². The number of aliphatic hydroxyl groups excluding tert-OH is 2. The number of nitrogens with one attached hydrogen (secondary N) is 2. The Morgan fingerprint density at radius 2 is 2.19 bits per heavy atom. The summed E-state index contributed by atoms with van der Waals surface area (Å²) in [5.41, 5.74) is 0.660. The molecule has 0 bridgehead atoms. The average Bonchev–Trinajstić information content (AvgIpc) is 2.46.